The number of cyclic esters (lactones) is 1. The highest BCUT2D eigenvalue weighted by Gasteiger charge is 2.25. The van der Waals surface area contributed by atoms with E-state index >= 15 is 0 Å². The minimum atomic E-state index is -0.413. The Bertz CT molecular complexity index is 720. The van der Waals surface area contributed by atoms with E-state index in [0.717, 1.165) is 14.7 Å². The van der Waals surface area contributed by atoms with Gasteiger partial charge >= 0.3 is 5.97 Å². The second kappa shape index (κ2) is 5.58. The maximum atomic E-state index is 11.9. The van der Waals surface area contributed by atoms with Gasteiger partial charge in [-0.25, -0.2) is 9.79 Å². The molecule has 20 heavy (non-hydrogen) atoms. The molecule has 0 spiro atoms. The molecule has 0 aliphatic carbocycles. The highest BCUT2D eigenvalue weighted by Crippen LogP contribution is 2.21. The Balaban J connectivity index is 1.98. The standard InChI is InChI=1S/C16H10INO2/c17-13-9-5-4-8-12(13)15-18-14(16(19)20-15)10-11-6-2-1-3-7-11/h1-10H/b14-10-. The molecule has 3 nitrogen and oxygen atoms in total. The van der Waals surface area contributed by atoms with Crippen LogP contribution in [0, 0.1) is 3.57 Å². The average Bonchev–Trinajstić information content (AvgIpc) is 2.81. The summed E-state index contributed by atoms with van der Waals surface area (Å²) in [5.41, 5.74) is 2.08. The Morgan fingerprint density at radius 2 is 1.70 bits per heavy atom. The number of aliphatic imine (C=N–C) groups is 1. The van der Waals surface area contributed by atoms with Crippen molar-refractivity contribution in [3.05, 3.63) is 75.0 Å². The molecule has 3 rings (SSSR count). The van der Waals surface area contributed by atoms with Crippen LogP contribution in [0.25, 0.3) is 6.08 Å². The molecule has 98 valence electrons. The summed E-state index contributed by atoms with van der Waals surface area (Å²) in [6, 6.07) is 17.3. The summed E-state index contributed by atoms with van der Waals surface area (Å²) in [6.07, 6.45) is 1.73. The number of halogens is 1. The van der Waals surface area contributed by atoms with Gasteiger partial charge in [0.2, 0.25) is 5.90 Å². The van der Waals surface area contributed by atoms with Crippen molar-refractivity contribution in [1.82, 2.24) is 0 Å². The van der Waals surface area contributed by atoms with E-state index in [0.29, 0.717) is 11.6 Å². The molecule has 0 radical (unpaired) electrons. The van der Waals surface area contributed by atoms with Crippen molar-refractivity contribution in [2.24, 2.45) is 4.99 Å². The molecule has 0 saturated carbocycles. The molecule has 1 aliphatic heterocycles. The molecule has 4 heteroatoms. The van der Waals surface area contributed by atoms with Gasteiger partial charge in [-0.2, -0.15) is 0 Å². The van der Waals surface area contributed by atoms with Gasteiger partial charge < -0.3 is 4.74 Å². The zero-order valence-electron chi connectivity index (χ0n) is 10.4. The first-order valence-electron chi connectivity index (χ1n) is 6.06. The Labute approximate surface area is 130 Å². The van der Waals surface area contributed by atoms with Gasteiger partial charge in [0.05, 0.1) is 5.56 Å². The monoisotopic (exact) mass is 375 g/mol. The topological polar surface area (TPSA) is 38.7 Å². The molecular formula is C16H10INO2. The van der Waals surface area contributed by atoms with Crippen molar-refractivity contribution >= 4 is 40.5 Å². The first-order chi connectivity index (χ1) is 9.74. The van der Waals surface area contributed by atoms with Crippen LogP contribution in [0.4, 0.5) is 0 Å². The fourth-order valence-electron chi connectivity index (χ4n) is 1.87. The van der Waals surface area contributed by atoms with Gasteiger partial charge in [-0.3, -0.25) is 0 Å². The Hall–Kier alpha value is -1.95. The van der Waals surface area contributed by atoms with Crippen molar-refractivity contribution in [3.8, 4) is 0 Å². The summed E-state index contributed by atoms with van der Waals surface area (Å²) in [5.74, 6) is -0.0503. The number of hydrogen-bond acceptors (Lipinski definition) is 3. The van der Waals surface area contributed by atoms with Crippen molar-refractivity contribution in [2.75, 3.05) is 0 Å². The predicted octanol–water partition coefficient (Wildman–Crippen LogP) is 3.64. The highest BCUT2D eigenvalue weighted by atomic mass is 127. The molecule has 0 aromatic heterocycles. The number of hydrogen-bond donors (Lipinski definition) is 0. The molecule has 0 fully saturated rings. The number of nitrogens with zero attached hydrogens (tertiary/aromatic N) is 1. The fourth-order valence-corrected chi connectivity index (χ4v) is 2.48. The first-order valence-corrected chi connectivity index (χ1v) is 7.14. The summed E-state index contributed by atoms with van der Waals surface area (Å²) in [7, 11) is 0. The maximum Gasteiger partial charge on any atom is 0.363 e. The fraction of sp³-hybridized carbons (Fsp3) is 0. The zero-order valence-corrected chi connectivity index (χ0v) is 12.6. The number of esters is 1. The Morgan fingerprint density at radius 3 is 2.45 bits per heavy atom. The zero-order chi connectivity index (χ0) is 13.9. The van der Waals surface area contributed by atoms with E-state index in [1.807, 2.05) is 54.6 Å². The molecule has 2 aromatic carbocycles. The second-order valence-electron chi connectivity index (χ2n) is 4.23. The third-order valence-corrected chi connectivity index (χ3v) is 3.77. The van der Waals surface area contributed by atoms with E-state index in [-0.39, 0.29) is 0 Å². The second-order valence-corrected chi connectivity index (χ2v) is 5.39. The lowest BCUT2D eigenvalue weighted by molar-refractivity contribution is -0.129. The van der Waals surface area contributed by atoms with Crippen LogP contribution in [-0.4, -0.2) is 11.9 Å². The molecule has 1 heterocycles. The van der Waals surface area contributed by atoms with Crippen molar-refractivity contribution < 1.29 is 9.53 Å². The lowest BCUT2D eigenvalue weighted by Gasteiger charge is -2.01. The number of benzene rings is 2. The van der Waals surface area contributed by atoms with Crippen molar-refractivity contribution in [2.45, 2.75) is 0 Å². The van der Waals surface area contributed by atoms with Gasteiger partial charge in [-0.15, -0.1) is 0 Å². The van der Waals surface area contributed by atoms with Crippen LogP contribution < -0.4 is 0 Å². The summed E-state index contributed by atoms with van der Waals surface area (Å²) in [6.45, 7) is 0. The SMILES string of the molecule is O=C1OC(c2ccccc2I)=N/C1=C\c1ccccc1. The van der Waals surface area contributed by atoms with E-state index in [9.17, 15) is 4.79 Å². The smallest absolute Gasteiger partial charge is 0.363 e. The van der Waals surface area contributed by atoms with Crippen LogP contribution in [0.3, 0.4) is 0 Å². The van der Waals surface area contributed by atoms with Crippen LogP contribution in [0.2, 0.25) is 0 Å². The summed E-state index contributed by atoms with van der Waals surface area (Å²) in [4.78, 5) is 16.2. The van der Waals surface area contributed by atoms with Gasteiger partial charge in [-0.05, 0) is 46.4 Å². The van der Waals surface area contributed by atoms with Crippen LogP contribution >= 0.6 is 22.6 Å². The molecule has 0 atom stereocenters. The van der Waals surface area contributed by atoms with E-state index in [1.54, 1.807) is 6.08 Å². The molecule has 0 amide bonds. The average molecular weight is 375 g/mol. The lowest BCUT2D eigenvalue weighted by atomic mass is 10.2. The van der Waals surface area contributed by atoms with Gasteiger partial charge in [0.25, 0.3) is 0 Å². The maximum absolute atomic E-state index is 11.9. The number of carbonyl (C=O) groups excluding carboxylic acids is 1. The van der Waals surface area contributed by atoms with Gasteiger partial charge in [0, 0.05) is 3.57 Å². The lowest BCUT2D eigenvalue weighted by Crippen LogP contribution is -2.06. The van der Waals surface area contributed by atoms with Crippen molar-refractivity contribution in [3.63, 3.8) is 0 Å². The minimum absolute atomic E-state index is 0.325. The first kappa shape index (κ1) is 13.1. The van der Waals surface area contributed by atoms with E-state index in [4.69, 9.17) is 4.74 Å². The molecule has 1 aliphatic rings. The Kier molecular flexibility index (Phi) is 3.64. The summed E-state index contributed by atoms with van der Waals surface area (Å²) in [5, 5.41) is 0. The van der Waals surface area contributed by atoms with Gasteiger partial charge in [0.1, 0.15) is 0 Å². The van der Waals surface area contributed by atoms with Crippen LogP contribution in [-0.2, 0) is 9.53 Å². The number of ether oxygens (including phenoxy) is 1. The normalized spacial score (nSPS) is 16.1. The third kappa shape index (κ3) is 2.65. The summed E-state index contributed by atoms with van der Waals surface area (Å²) >= 11 is 2.20. The van der Waals surface area contributed by atoms with Crippen molar-refractivity contribution in [1.29, 1.82) is 0 Å². The quantitative estimate of drug-likeness (QED) is 0.457. The van der Waals surface area contributed by atoms with E-state index < -0.39 is 5.97 Å². The van der Waals surface area contributed by atoms with Crippen LogP contribution in [0.5, 0.6) is 0 Å². The number of rotatable bonds is 2. The molecule has 0 N–H and O–H groups in total. The molecule has 0 bridgehead atoms. The van der Waals surface area contributed by atoms with E-state index in [1.165, 1.54) is 0 Å². The van der Waals surface area contributed by atoms with E-state index in [2.05, 4.69) is 27.6 Å². The summed E-state index contributed by atoms with van der Waals surface area (Å²) < 4.78 is 6.25. The largest absolute Gasteiger partial charge is 0.402 e. The molecule has 0 saturated heterocycles. The number of carbonyl (C=O) groups is 1. The molecule has 2 aromatic rings. The van der Waals surface area contributed by atoms with Gasteiger partial charge in [0.15, 0.2) is 5.70 Å². The minimum Gasteiger partial charge on any atom is -0.402 e. The molecular weight excluding hydrogens is 365 g/mol. The van der Waals surface area contributed by atoms with Crippen LogP contribution in [0.15, 0.2) is 65.3 Å². The third-order valence-electron chi connectivity index (χ3n) is 2.83. The Morgan fingerprint density at radius 1 is 1.00 bits per heavy atom. The predicted molar refractivity (Wildman–Crippen MR) is 86.2 cm³/mol. The molecule has 0 unspecified atom stereocenters. The van der Waals surface area contributed by atoms with Gasteiger partial charge in [-0.1, -0.05) is 42.5 Å². The van der Waals surface area contributed by atoms with Crippen LogP contribution in [0.1, 0.15) is 11.1 Å². The highest BCUT2D eigenvalue weighted by molar-refractivity contribution is 14.1.